The molecule has 0 saturated carbocycles. The number of nitro benzene ring substituents is 1. The van der Waals surface area contributed by atoms with Crippen LogP contribution in [0.3, 0.4) is 0 Å². The lowest BCUT2D eigenvalue weighted by Gasteiger charge is -2.32. The Hall–Kier alpha value is -3.48. The number of non-ortho nitro benzene ring substituents is 1. The number of rotatable bonds is 5. The largest absolute Gasteiger partial charge is 0.366 e. The van der Waals surface area contributed by atoms with Crippen molar-refractivity contribution in [3.05, 3.63) is 81.0 Å². The molecule has 2 aromatic rings. The average Bonchev–Trinajstić information content (AvgIpc) is 3.00. The highest BCUT2D eigenvalue weighted by molar-refractivity contribution is 6.35. The number of imide groups is 1. The first-order valence-corrected chi connectivity index (χ1v) is 10.5. The summed E-state index contributed by atoms with van der Waals surface area (Å²) in [5, 5.41) is 11.0. The van der Waals surface area contributed by atoms with Gasteiger partial charge in [0.1, 0.15) is 5.70 Å². The first-order valence-electron chi connectivity index (χ1n) is 10.5. The van der Waals surface area contributed by atoms with Gasteiger partial charge in [-0.1, -0.05) is 36.8 Å². The molecular formula is C24H25N3O4. The van der Waals surface area contributed by atoms with Crippen LogP contribution in [0.1, 0.15) is 36.5 Å². The molecular weight excluding hydrogens is 394 g/mol. The SMILES string of the molecule is Cc1ccc(CN2C(=O)C(c3ccc([N+](=O)[O-])cc3)=C(N3CCC(C)CC3)C2=O)cc1. The Labute approximate surface area is 181 Å². The minimum atomic E-state index is -0.476. The molecule has 1 fully saturated rings. The second-order valence-corrected chi connectivity index (χ2v) is 8.38. The van der Waals surface area contributed by atoms with Gasteiger partial charge in [-0.3, -0.25) is 24.6 Å². The molecule has 2 heterocycles. The zero-order chi connectivity index (χ0) is 22.1. The minimum Gasteiger partial charge on any atom is -0.366 e. The van der Waals surface area contributed by atoms with Gasteiger partial charge in [0, 0.05) is 25.2 Å². The van der Waals surface area contributed by atoms with Gasteiger partial charge < -0.3 is 4.90 Å². The van der Waals surface area contributed by atoms with Crippen LogP contribution in [-0.4, -0.2) is 39.6 Å². The van der Waals surface area contributed by atoms with Crippen LogP contribution >= 0.6 is 0 Å². The summed E-state index contributed by atoms with van der Waals surface area (Å²) >= 11 is 0. The smallest absolute Gasteiger partial charge is 0.278 e. The third-order valence-corrected chi connectivity index (χ3v) is 6.07. The molecule has 0 unspecified atom stereocenters. The minimum absolute atomic E-state index is 0.0500. The third-order valence-electron chi connectivity index (χ3n) is 6.07. The fourth-order valence-electron chi connectivity index (χ4n) is 4.12. The Balaban J connectivity index is 1.71. The van der Waals surface area contributed by atoms with E-state index in [0.717, 1.165) is 24.0 Å². The molecule has 0 bridgehead atoms. The van der Waals surface area contributed by atoms with E-state index in [-0.39, 0.29) is 24.0 Å². The van der Waals surface area contributed by atoms with Gasteiger partial charge in [-0.15, -0.1) is 0 Å². The van der Waals surface area contributed by atoms with E-state index in [1.54, 1.807) is 12.1 Å². The zero-order valence-electron chi connectivity index (χ0n) is 17.7. The van der Waals surface area contributed by atoms with E-state index in [2.05, 4.69) is 6.92 Å². The van der Waals surface area contributed by atoms with Crippen molar-refractivity contribution >= 4 is 23.1 Å². The Morgan fingerprint density at radius 1 is 0.968 bits per heavy atom. The molecule has 4 rings (SSSR count). The van der Waals surface area contributed by atoms with Crippen molar-refractivity contribution in [3.63, 3.8) is 0 Å². The second-order valence-electron chi connectivity index (χ2n) is 8.38. The van der Waals surface area contributed by atoms with Crippen LogP contribution in [0.25, 0.3) is 5.57 Å². The number of hydrogen-bond donors (Lipinski definition) is 0. The van der Waals surface area contributed by atoms with Crippen molar-refractivity contribution < 1.29 is 14.5 Å². The van der Waals surface area contributed by atoms with Gasteiger partial charge in [-0.05, 0) is 48.9 Å². The Morgan fingerprint density at radius 2 is 1.58 bits per heavy atom. The Bertz CT molecular complexity index is 1050. The molecule has 0 aromatic heterocycles. The molecule has 7 nitrogen and oxygen atoms in total. The van der Waals surface area contributed by atoms with Crippen molar-refractivity contribution in [1.82, 2.24) is 9.80 Å². The van der Waals surface area contributed by atoms with Crippen LogP contribution in [-0.2, 0) is 16.1 Å². The highest BCUT2D eigenvalue weighted by atomic mass is 16.6. The average molecular weight is 419 g/mol. The van der Waals surface area contributed by atoms with Gasteiger partial charge >= 0.3 is 0 Å². The Kier molecular flexibility index (Phi) is 5.59. The molecule has 2 aromatic carbocycles. The van der Waals surface area contributed by atoms with Crippen molar-refractivity contribution in [2.24, 2.45) is 5.92 Å². The monoisotopic (exact) mass is 419 g/mol. The molecule has 0 N–H and O–H groups in total. The molecule has 31 heavy (non-hydrogen) atoms. The van der Waals surface area contributed by atoms with E-state index in [4.69, 9.17) is 0 Å². The predicted molar refractivity (Wildman–Crippen MR) is 117 cm³/mol. The molecule has 0 aliphatic carbocycles. The lowest BCUT2D eigenvalue weighted by atomic mass is 9.97. The summed E-state index contributed by atoms with van der Waals surface area (Å²) in [4.78, 5) is 40.7. The van der Waals surface area contributed by atoms with Gasteiger partial charge in [-0.2, -0.15) is 0 Å². The third kappa shape index (κ3) is 4.08. The molecule has 7 heteroatoms. The summed E-state index contributed by atoms with van der Waals surface area (Å²) < 4.78 is 0. The lowest BCUT2D eigenvalue weighted by Crippen LogP contribution is -2.38. The summed E-state index contributed by atoms with van der Waals surface area (Å²) in [6.07, 6.45) is 1.91. The number of piperidine rings is 1. The van der Waals surface area contributed by atoms with E-state index >= 15 is 0 Å². The molecule has 2 aliphatic heterocycles. The highest BCUT2D eigenvalue weighted by Crippen LogP contribution is 2.35. The summed E-state index contributed by atoms with van der Waals surface area (Å²) in [5.41, 5.74) is 3.22. The topological polar surface area (TPSA) is 83.8 Å². The standard InChI is InChI=1S/C24H25N3O4/c1-16-3-5-18(6-4-16)15-26-23(28)21(19-7-9-20(10-8-19)27(30)31)22(24(26)29)25-13-11-17(2)12-14-25/h3-10,17H,11-15H2,1-2H3. The lowest BCUT2D eigenvalue weighted by molar-refractivity contribution is -0.384. The van der Waals surface area contributed by atoms with Gasteiger partial charge in [0.25, 0.3) is 17.5 Å². The van der Waals surface area contributed by atoms with Gasteiger partial charge in [0.05, 0.1) is 17.0 Å². The second kappa shape index (κ2) is 8.34. The summed E-state index contributed by atoms with van der Waals surface area (Å²) in [6, 6.07) is 13.6. The summed E-state index contributed by atoms with van der Waals surface area (Å²) in [7, 11) is 0. The maximum atomic E-state index is 13.4. The van der Waals surface area contributed by atoms with Crippen molar-refractivity contribution in [2.75, 3.05) is 13.1 Å². The van der Waals surface area contributed by atoms with E-state index in [9.17, 15) is 19.7 Å². The van der Waals surface area contributed by atoms with Gasteiger partial charge in [0.15, 0.2) is 0 Å². The number of likely N-dealkylation sites (tertiary alicyclic amines) is 1. The number of benzene rings is 2. The number of amides is 2. The van der Waals surface area contributed by atoms with E-state index in [0.29, 0.717) is 35.8 Å². The van der Waals surface area contributed by atoms with E-state index in [1.807, 2.05) is 36.1 Å². The summed E-state index contributed by atoms with van der Waals surface area (Å²) in [6.45, 7) is 5.80. The fraction of sp³-hybridized carbons (Fsp3) is 0.333. The van der Waals surface area contributed by atoms with E-state index < -0.39 is 4.92 Å². The number of nitrogens with zero attached hydrogens (tertiary/aromatic N) is 3. The fourth-order valence-corrected chi connectivity index (χ4v) is 4.12. The maximum absolute atomic E-state index is 13.4. The van der Waals surface area contributed by atoms with Crippen LogP contribution in [0, 0.1) is 23.0 Å². The van der Waals surface area contributed by atoms with E-state index in [1.165, 1.54) is 17.0 Å². The number of aryl methyl sites for hydroxylation is 1. The number of hydrogen-bond acceptors (Lipinski definition) is 5. The molecule has 2 amide bonds. The first kappa shape index (κ1) is 20.8. The molecule has 2 aliphatic rings. The van der Waals surface area contributed by atoms with Gasteiger partial charge in [0.2, 0.25) is 0 Å². The van der Waals surface area contributed by atoms with Crippen LogP contribution in [0.15, 0.2) is 54.2 Å². The number of nitro groups is 1. The summed E-state index contributed by atoms with van der Waals surface area (Å²) in [5.74, 6) is -0.0722. The normalized spacial score (nSPS) is 17.6. The number of carbonyl (C=O) groups is 2. The van der Waals surface area contributed by atoms with Gasteiger partial charge in [-0.25, -0.2) is 0 Å². The Morgan fingerprint density at radius 3 is 2.16 bits per heavy atom. The highest BCUT2D eigenvalue weighted by Gasteiger charge is 2.42. The molecule has 1 saturated heterocycles. The van der Waals surface area contributed by atoms with Crippen LogP contribution in [0.2, 0.25) is 0 Å². The number of carbonyl (C=O) groups excluding carboxylic acids is 2. The molecule has 160 valence electrons. The molecule has 0 atom stereocenters. The van der Waals surface area contributed by atoms with Crippen LogP contribution < -0.4 is 0 Å². The van der Waals surface area contributed by atoms with Crippen molar-refractivity contribution in [3.8, 4) is 0 Å². The maximum Gasteiger partial charge on any atom is 0.278 e. The van der Waals surface area contributed by atoms with Crippen LogP contribution in [0.5, 0.6) is 0 Å². The first-order chi connectivity index (χ1) is 14.8. The quantitative estimate of drug-likeness (QED) is 0.417. The molecule has 0 radical (unpaired) electrons. The van der Waals surface area contributed by atoms with Crippen LogP contribution in [0.4, 0.5) is 5.69 Å². The van der Waals surface area contributed by atoms with Crippen molar-refractivity contribution in [2.45, 2.75) is 33.2 Å². The zero-order valence-corrected chi connectivity index (χ0v) is 17.7. The molecule has 0 spiro atoms. The predicted octanol–water partition coefficient (Wildman–Crippen LogP) is 3.92. The van der Waals surface area contributed by atoms with Crippen molar-refractivity contribution in [1.29, 1.82) is 0 Å².